The predicted octanol–water partition coefficient (Wildman–Crippen LogP) is 4.10. The van der Waals surface area contributed by atoms with Crippen LogP contribution in [-0.2, 0) is 11.2 Å². The molecule has 2 aromatic carbocycles. The first-order chi connectivity index (χ1) is 12.7. The largest absolute Gasteiger partial charge is 0.497 e. The van der Waals surface area contributed by atoms with Crippen molar-refractivity contribution in [1.82, 2.24) is 5.32 Å². The third-order valence-corrected chi connectivity index (χ3v) is 5.81. The van der Waals surface area contributed by atoms with Crippen molar-refractivity contribution < 1.29 is 14.3 Å². The zero-order valence-corrected chi connectivity index (χ0v) is 15.4. The van der Waals surface area contributed by atoms with Gasteiger partial charge in [0.05, 0.1) is 13.7 Å². The third kappa shape index (κ3) is 3.50. The van der Waals surface area contributed by atoms with Gasteiger partial charge in [-0.25, -0.2) is 0 Å². The number of fused-ring (bicyclic) bond motifs is 3. The lowest BCUT2D eigenvalue weighted by atomic mass is 9.88. The molecule has 0 radical (unpaired) electrons. The molecule has 1 amide bonds. The van der Waals surface area contributed by atoms with Gasteiger partial charge < -0.3 is 14.8 Å². The van der Waals surface area contributed by atoms with E-state index in [0.717, 1.165) is 30.8 Å². The van der Waals surface area contributed by atoms with Gasteiger partial charge in [0.2, 0.25) is 5.91 Å². The van der Waals surface area contributed by atoms with E-state index in [1.165, 1.54) is 35.6 Å². The maximum atomic E-state index is 12.4. The summed E-state index contributed by atoms with van der Waals surface area (Å²) < 4.78 is 11.4. The van der Waals surface area contributed by atoms with Crippen LogP contribution in [0.5, 0.6) is 11.5 Å². The first-order valence-corrected chi connectivity index (χ1v) is 9.75. The quantitative estimate of drug-likeness (QED) is 0.900. The molecule has 2 aromatic rings. The highest BCUT2D eigenvalue weighted by Gasteiger charge is 2.25. The minimum atomic E-state index is 0.214. The maximum absolute atomic E-state index is 12.4. The Morgan fingerprint density at radius 2 is 2.00 bits per heavy atom. The topological polar surface area (TPSA) is 47.6 Å². The van der Waals surface area contributed by atoms with Crippen LogP contribution in [0.1, 0.15) is 37.7 Å². The van der Waals surface area contributed by atoms with Gasteiger partial charge in [0.1, 0.15) is 11.5 Å². The van der Waals surface area contributed by atoms with E-state index in [0.29, 0.717) is 19.1 Å². The van der Waals surface area contributed by atoms with Crippen LogP contribution < -0.4 is 14.8 Å². The van der Waals surface area contributed by atoms with Crippen molar-refractivity contribution in [3.8, 4) is 11.5 Å². The molecule has 1 heterocycles. The molecule has 1 aliphatic carbocycles. The highest BCUT2D eigenvalue weighted by atomic mass is 16.5. The molecule has 1 fully saturated rings. The molecule has 4 nitrogen and oxygen atoms in total. The molecule has 4 heteroatoms. The lowest BCUT2D eigenvalue weighted by Crippen LogP contribution is -2.38. The van der Waals surface area contributed by atoms with E-state index in [1.807, 2.05) is 6.07 Å². The Kier molecular flexibility index (Phi) is 5.00. The first-order valence-electron chi connectivity index (χ1n) is 9.75. The summed E-state index contributed by atoms with van der Waals surface area (Å²) >= 11 is 0. The molecule has 0 spiro atoms. The van der Waals surface area contributed by atoms with Crippen molar-refractivity contribution in [3.05, 3.63) is 35.9 Å². The highest BCUT2D eigenvalue weighted by molar-refractivity contribution is 5.89. The van der Waals surface area contributed by atoms with Crippen molar-refractivity contribution in [3.63, 3.8) is 0 Å². The number of hydrogen-bond donors (Lipinski definition) is 1. The number of rotatable bonds is 4. The fourth-order valence-electron chi connectivity index (χ4n) is 4.25. The van der Waals surface area contributed by atoms with Gasteiger partial charge in [-0.2, -0.15) is 0 Å². The van der Waals surface area contributed by atoms with Gasteiger partial charge in [-0.05, 0) is 48.2 Å². The summed E-state index contributed by atoms with van der Waals surface area (Å²) in [6, 6.07) is 10.3. The number of ether oxygens (including phenoxy) is 2. The Balaban J connectivity index is 1.46. The van der Waals surface area contributed by atoms with Crippen molar-refractivity contribution >= 4 is 16.7 Å². The average molecular weight is 353 g/mol. The summed E-state index contributed by atoms with van der Waals surface area (Å²) in [6.07, 6.45) is 6.65. The van der Waals surface area contributed by atoms with Crippen molar-refractivity contribution in [2.45, 2.75) is 38.5 Å². The molecule has 1 saturated carbocycles. The molecule has 1 unspecified atom stereocenters. The standard InChI is InChI=1S/C22H27NO3/c1-25-18-9-7-16-8-10-21-20(19(16)12-18)11-15(14-26-21)13-23-22(24)17-5-3-2-4-6-17/h7-10,12,15,17H,2-6,11,13-14H2,1H3,(H,23,24). The Hall–Kier alpha value is -2.23. The van der Waals surface area contributed by atoms with E-state index in [2.05, 4.69) is 29.6 Å². The second-order valence-electron chi connectivity index (χ2n) is 7.59. The Labute approximate surface area is 154 Å². The normalized spacial score (nSPS) is 20.3. The summed E-state index contributed by atoms with van der Waals surface area (Å²) in [5, 5.41) is 5.56. The Morgan fingerprint density at radius 1 is 1.19 bits per heavy atom. The fraction of sp³-hybridized carbons (Fsp3) is 0.500. The molecule has 138 valence electrons. The monoisotopic (exact) mass is 353 g/mol. The van der Waals surface area contributed by atoms with Crippen molar-refractivity contribution in [2.75, 3.05) is 20.3 Å². The minimum absolute atomic E-state index is 0.214. The van der Waals surface area contributed by atoms with Crippen LogP contribution in [0.15, 0.2) is 30.3 Å². The van der Waals surface area contributed by atoms with E-state index in [9.17, 15) is 4.79 Å². The molecule has 1 N–H and O–H groups in total. The van der Waals surface area contributed by atoms with E-state index in [4.69, 9.17) is 9.47 Å². The molecule has 0 bridgehead atoms. The number of amides is 1. The maximum Gasteiger partial charge on any atom is 0.223 e. The number of benzene rings is 2. The lowest BCUT2D eigenvalue weighted by molar-refractivity contribution is -0.126. The number of carbonyl (C=O) groups is 1. The zero-order chi connectivity index (χ0) is 17.9. The molecule has 0 saturated heterocycles. The van der Waals surface area contributed by atoms with Gasteiger partial charge in [-0.15, -0.1) is 0 Å². The first kappa shape index (κ1) is 17.2. The van der Waals surface area contributed by atoms with Crippen LogP contribution in [0, 0.1) is 11.8 Å². The SMILES string of the molecule is COc1ccc2ccc3c(c2c1)CC(CNC(=O)C1CCCCC1)CO3. The van der Waals surface area contributed by atoms with E-state index >= 15 is 0 Å². The van der Waals surface area contributed by atoms with Crippen LogP contribution in [0.3, 0.4) is 0 Å². The molecule has 4 rings (SSSR count). The van der Waals surface area contributed by atoms with Crippen molar-refractivity contribution in [2.24, 2.45) is 11.8 Å². The molecule has 1 aliphatic heterocycles. The van der Waals surface area contributed by atoms with Gasteiger partial charge in [-0.1, -0.05) is 31.4 Å². The minimum Gasteiger partial charge on any atom is -0.497 e. The number of nitrogens with one attached hydrogen (secondary N) is 1. The van der Waals surface area contributed by atoms with Crippen molar-refractivity contribution in [1.29, 1.82) is 0 Å². The van der Waals surface area contributed by atoms with Gasteiger partial charge in [-0.3, -0.25) is 4.79 Å². The summed E-state index contributed by atoms with van der Waals surface area (Å²) in [4.78, 5) is 12.4. The summed E-state index contributed by atoms with van der Waals surface area (Å²) in [5.41, 5.74) is 1.23. The van der Waals surface area contributed by atoms with Gasteiger partial charge in [0.25, 0.3) is 0 Å². The molecular weight excluding hydrogens is 326 g/mol. The van der Waals surface area contributed by atoms with Gasteiger partial charge in [0, 0.05) is 23.9 Å². The molecule has 2 aliphatic rings. The lowest BCUT2D eigenvalue weighted by Gasteiger charge is -2.28. The third-order valence-electron chi connectivity index (χ3n) is 5.81. The summed E-state index contributed by atoms with van der Waals surface area (Å²) in [7, 11) is 1.69. The Morgan fingerprint density at radius 3 is 2.81 bits per heavy atom. The van der Waals surface area contributed by atoms with Gasteiger partial charge in [0.15, 0.2) is 0 Å². The van der Waals surface area contributed by atoms with E-state index in [-0.39, 0.29) is 11.8 Å². The number of carbonyl (C=O) groups excluding carboxylic acids is 1. The summed E-state index contributed by atoms with van der Waals surface area (Å²) in [5.74, 6) is 2.58. The second-order valence-corrected chi connectivity index (χ2v) is 7.59. The predicted molar refractivity (Wildman–Crippen MR) is 103 cm³/mol. The van der Waals surface area contributed by atoms with Crippen LogP contribution in [0.25, 0.3) is 10.8 Å². The Bertz CT molecular complexity index is 790. The average Bonchev–Trinajstić information content (AvgIpc) is 2.72. The number of methoxy groups -OCH3 is 1. The molecule has 1 atom stereocenters. The van der Waals surface area contributed by atoms with Crippen LogP contribution >= 0.6 is 0 Å². The van der Waals surface area contributed by atoms with Crippen LogP contribution in [0.4, 0.5) is 0 Å². The van der Waals surface area contributed by atoms with Crippen LogP contribution in [0.2, 0.25) is 0 Å². The molecular formula is C22H27NO3. The molecule has 0 aromatic heterocycles. The number of hydrogen-bond acceptors (Lipinski definition) is 3. The summed E-state index contributed by atoms with van der Waals surface area (Å²) in [6.45, 7) is 1.35. The highest BCUT2D eigenvalue weighted by Crippen LogP contribution is 2.35. The smallest absolute Gasteiger partial charge is 0.223 e. The fourth-order valence-corrected chi connectivity index (χ4v) is 4.25. The molecule has 26 heavy (non-hydrogen) atoms. The van der Waals surface area contributed by atoms with Gasteiger partial charge >= 0.3 is 0 Å². The second kappa shape index (κ2) is 7.56. The van der Waals surface area contributed by atoms with E-state index < -0.39 is 0 Å². The zero-order valence-electron chi connectivity index (χ0n) is 15.4. The van der Waals surface area contributed by atoms with Crippen LogP contribution in [-0.4, -0.2) is 26.2 Å². The van der Waals surface area contributed by atoms with E-state index in [1.54, 1.807) is 7.11 Å².